The van der Waals surface area contributed by atoms with Gasteiger partial charge in [-0.05, 0) is 12.1 Å². The minimum atomic E-state index is -3.78. The number of hydrogen-bond donors (Lipinski definition) is 1. The van der Waals surface area contributed by atoms with Crippen LogP contribution in [0.5, 0.6) is 0 Å². The van der Waals surface area contributed by atoms with Gasteiger partial charge in [-0.25, -0.2) is 0 Å². The van der Waals surface area contributed by atoms with Gasteiger partial charge in [0.2, 0.25) is 0 Å². The molecule has 0 aliphatic carbocycles. The van der Waals surface area contributed by atoms with Crippen molar-refractivity contribution in [2.45, 2.75) is 12.0 Å². The van der Waals surface area contributed by atoms with E-state index in [-0.39, 0.29) is 5.69 Å². The zero-order valence-corrected chi connectivity index (χ0v) is 6.52. The van der Waals surface area contributed by atoms with Crippen LogP contribution in [0, 0.1) is 0 Å². The third kappa shape index (κ3) is 2.06. The zero-order valence-electron chi connectivity index (χ0n) is 6.52. The van der Waals surface area contributed by atoms with Gasteiger partial charge in [0.1, 0.15) is 0 Å². The van der Waals surface area contributed by atoms with Crippen LogP contribution in [-0.2, 0) is 4.79 Å². The summed E-state index contributed by atoms with van der Waals surface area (Å²) in [5.74, 6) is -3.78. The fourth-order valence-electron chi connectivity index (χ4n) is 0.799. The lowest BCUT2D eigenvalue weighted by molar-refractivity contribution is -0.148. The first kappa shape index (κ1) is 9.73. The Morgan fingerprint density at radius 3 is 2.69 bits per heavy atom. The highest BCUT2D eigenvalue weighted by Crippen LogP contribution is 2.27. The van der Waals surface area contributed by atoms with E-state index in [1.54, 1.807) is 0 Å². The number of carbonyl (C=O) groups excluding carboxylic acids is 1. The van der Waals surface area contributed by atoms with Crippen LogP contribution in [0.4, 0.5) is 8.78 Å². The molecule has 0 saturated heterocycles. The predicted molar refractivity (Wildman–Crippen MR) is 40.2 cm³/mol. The van der Waals surface area contributed by atoms with Crippen LogP contribution in [0.3, 0.4) is 0 Å². The number of carbonyl (C=O) groups is 1. The molecule has 5 heteroatoms. The van der Waals surface area contributed by atoms with Crippen molar-refractivity contribution in [3.05, 3.63) is 30.1 Å². The molecule has 1 N–H and O–H groups in total. The highest BCUT2D eigenvalue weighted by molar-refractivity contribution is 5.61. The number of aliphatic hydroxyl groups is 1. The Balaban J connectivity index is 2.91. The molecule has 13 heavy (non-hydrogen) atoms. The van der Waals surface area contributed by atoms with E-state index in [1.807, 2.05) is 0 Å². The summed E-state index contributed by atoms with van der Waals surface area (Å²) in [5, 5.41) is 9.00. The van der Waals surface area contributed by atoms with Crippen LogP contribution in [0.25, 0.3) is 0 Å². The van der Waals surface area contributed by atoms with Gasteiger partial charge in [0.15, 0.2) is 12.4 Å². The Bertz CT molecular complexity index is 289. The fourth-order valence-corrected chi connectivity index (χ4v) is 0.799. The summed E-state index contributed by atoms with van der Waals surface area (Å²) < 4.78 is 25.1. The van der Waals surface area contributed by atoms with Gasteiger partial charge in [0, 0.05) is 6.20 Å². The van der Waals surface area contributed by atoms with E-state index >= 15 is 0 Å². The first-order valence-corrected chi connectivity index (χ1v) is 3.51. The Hall–Kier alpha value is -1.36. The van der Waals surface area contributed by atoms with Crippen LogP contribution in [0.2, 0.25) is 0 Å². The normalized spacial score (nSPS) is 13.8. The van der Waals surface area contributed by atoms with E-state index in [1.165, 1.54) is 24.4 Å². The average molecular weight is 187 g/mol. The predicted octanol–water partition coefficient (Wildman–Crippen LogP) is 0.949. The summed E-state index contributed by atoms with van der Waals surface area (Å²) in [6.45, 7) is 0. The number of nitrogens with zero attached hydrogens (tertiary/aromatic N) is 1. The number of aliphatic hydroxyl groups excluding tert-OH is 1. The van der Waals surface area contributed by atoms with Crippen molar-refractivity contribution < 1.29 is 18.7 Å². The molecule has 0 spiro atoms. The minimum Gasteiger partial charge on any atom is -0.380 e. The first-order chi connectivity index (χ1) is 6.08. The first-order valence-electron chi connectivity index (χ1n) is 3.51. The number of aldehydes is 1. The van der Waals surface area contributed by atoms with E-state index in [0.717, 1.165) is 0 Å². The number of alkyl halides is 2. The second-order valence-corrected chi connectivity index (χ2v) is 2.45. The molecule has 0 fully saturated rings. The monoisotopic (exact) mass is 187 g/mol. The van der Waals surface area contributed by atoms with Gasteiger partial charge in [-0.2, -0.15) is 8.78 Å². The lowest BCUT2D eigenvalue weighted by atomic mass is 10.1. The molecule has 0 bridgehead atoms. The van der Waals surface area contributed by atoms with Gasteiger partial charge >= 0.3 is 5.92 Å². The van der Waals surface area contributed by atoms with E-state index in [0.29, 0.717) is 0 Å². The molecular weight excluding hydrogens is 180 g/mol. The molecule has 0 aliphatic heterocycles. The fraction of sp³-hybridized carbons (Fsp3) is 0.250. The standard InChI is InChI=1S/C8H7F2NO2/c9-8(10,5-12)7(13)6-3-1-2-4-11-6/h1-5,7,13H/t7-/m0/s1. The van der Waals surface area contributed by atoms with E-state index in [2.05, 4.69) is 4.98 Å². The van der Waals surface area contributed by atoms with Crippen molar-refractivity contribution >= 4 is 6.29 Å². The largest absolute Gasteiger partial charge is 0.380 e. The van der Waals surface area contributed by atoms with Crippen LogP contribution >= 0.6 is 0 Å². The molecule has 1 rings (SSSR count). The molecule has 3 nitrogen and oxygen atoms in total. The van der Waals surface area contributed by atoms with Gasteiger partial charge in [-0.1, -0.05) is 6.07 Å². The Morgan fingerprint density at radius 1 is 1.54 bits per heavy atom. The highest BCUT2D eigenvalue weighted by atomic mass is 19.3. The molecule has 0 aliphatic rings. The summed E-state index contributed by atoms with van der Waals surface area (Å²) in [6, 6.07) is 4.20. The molecule has 1 heterocycles. The molecular formula is C8H7F2NO2. The second-order valence-electron chi connectivity index (χ2n) is 2.45. The van der Waals surface area contributed by atoms with Gasteiger partial charge < -0.3 is 5.11 Å². The Kier molecular flexibility index (Phi) is 2.67. The van der Waals surface area contributed by atoms with E-state index in [4.69, 9.17) is 5.11 Å². The topological polar surface area (TPSA) is 50.2 Å². The van der Waals surface area contributed by atoms with Crippen molar-refractivity contribution in [3.63, 3.8) is 0 Å². The van der Waals surface area contributed by atoms with Crippen molar-refractivity contribution in [1.82, 2.24) is 4.98 Å². The lowest BCUT2D eigenvalue weighted by Crippen LogP contribution is -2.28. The number of pyridine rings is 1. The quantitative estimate of drug-likeness (QED) is 0.716. The summed E-state index contributed by atoms with van der Waals surface area (Å²) in [6.07, 6.45) is -1.50. The average Bonchev–Trinajstić information content (AvgIpc) is 2.18. The SMILES string of the molecule is O=CC(F)(F)[C@@H](O)c1ccccn1. The lowest BCUT2D eigenvalue weighted by Gasteiger charge is -2.15. The molecule has 1 aromatic heterocycles. The molecule has 70 valence electrons. The van der Waals surface area contributed by atoms with Crippen molar-refractivity contribution in [2.75, 3.05) is 0 Å². The van der Waals surface area contributed by atoms with Gasteiger partial charge in [-0.15, -0.1) is 0 Å². The third-order valence-electron chi connectivity index (χ3n) is 1.49. The van der Waals surface area contributed by atoms with E-state index in [9.17, 15) is 13.6 Å². The number of halogens is 2. The summed E-state index contributed by atoms with van der Waals surface area (Å²) in [5.41, 5.74) is -0.223. The maximum absolute atomic E-state index is 12.6. The summed E-state index contributed by atoms with van der Waals surface area (Å²) in [4.78, 5) is 13.4. The van der Waals surface area contributed by atoms with Crippen LogP contribution < -0.4 is 0 Å². The van der Waals surface area contributed by atoms with Crippen molar-refractivity contribution in [1.29, 1.82) is 0 Å². The van der Waals surface area contributed by atoms with Crippen LogP contribution in [-0.4, -0.2) is 22.3 Å². The second kappa shape index (κ2) is 3.57. The van der Waals surface area contributed by atoms with Crippen molar-refractivity contribution in [3.8, 4) is 0 Å². The summed E-state index contributed by atoms with van der Waals surface area (Å²) in [7, 11) is 0. The van der Waals surface area contributed by atoms with Crippen LogP contribution in [0.1, 0.15) is 11.8 Å². The minimum absolute atomic E-state index is 0.223. The number of hydrogen-bond acceptors (Lipinski definition) is 3. The van der Waals surface area contributed by atoms with Gasteiger partial charge in [0.05, 0.1) is 5.69 Å². The Labute approximate surface area is 73.0 Å². The maximum Gasteiger partial charge on any atom is 0.333 e. The highest BCUT2D eigenvalue weighted by Gasteiger charge is 2.39. The third-order valence-corrected chi connectivity index (χ3v) is 1.49. The van der Waals surface area contributed by atoms with Gasteiger partial charge in [-0.3, -0.25) is 9.78 Å². The number of aromatic nitrogens is 1. The molecule has 0 amide bonds. The zero-order chi connectivity index (χ0) is 9.90. The maximum atomic E-state index is 12.6. The van der Waals surface area contributed by atoms with E-state index < -0.39 is 18.3 Å². The molecule has 1 atom stereocenters. The number of rotatable bonds is 3. The van der Waals surface area contributed by atoms with Gasteiger partial charge in [0.25, 0.3) is 0 Å². The molecule has 0 aromatic carbocycles. The molecule has 0 radical (unpaired) electrons. The van der Waals surface area contributed by atoms with Crippen molar-refractivity contribution in [2.24, 2.45) is 0 Å². The van der Waals surface area contributed by atoms with Crippen LogP contribution in [0.15, 0.2) is 24.4 Å². The molecule has 0 saturated carbocycles. The molecule has 1 aromatic rings. The Morgan fingerprint density at radius 2 is 2.23 bits per heavy atom. The molecule has 0 unspecified atom stereocenters. The summed E-state index contributed by atoms with van der Waals surface area (Å²) >= 11 is 0. The smallest absolute Gasteiger partial charge is 0.333 e.